The predicted molar refractivity (Wildman–Crippen MR) is 50.5 cm³/mol. The molecule has 1 fully saturated rings. The number of hydrogen-bond acceptors (Lipinski definition) is 4. The summed E-state index contributed by atoms with van der Waals surface area (Å²) in [5, 5.41) is 6.69. The van der Waals surface area contributed by atoms with E-state index in [0.717, 1.165) is 0 Å². The molecule has 80 valence electrons. The first-order valence-corrected chi connectivity index (χ1v) is 4.48. The highest BCUT2D eigenvalue weighted by Crippen LogP contribution is 2.10. The van der Waals surface area contributed by atoms with Crippen LogP contribution in [0.25, 0.3) is 0 Å². The van der Waals surface area contributed by atoms with Crippen LogP contribution in [0, 0.1) is 4.91 Å². The molecule has 0 aromatic heterocycles. The molecule has 1 saturated heterocycles. The minimum absolute atomic E-state index is 0.0254. The van der Waals surface area contributed by atoms with Gasteiger partial charge in [0.15, 0.2) is 0 Å². The Morgan fingerprint density at radius 1 is 1.50 bits per heavy atom. The van der Waals surface area contributed by atoms with Gasteiger partial charge < -0.3 is 10.1 Å². The van der Waals surface area contributed by atoms with Crippen molar-refractivity contribution >= 4 is 6.09 Å². The van der Waals surface area contributed by atoms with Crippen molar-refractivity contribution in [1.82, 2.24) is 10.3 Å². The van der Waals surface area contributed by atoms with E-state index in [-0.39, 0.29) is 6.04 Å². The molecule has 0 aromatic carbocycles. The first-order chi connectivity index (χ1) is 6.40. The molecule has 1 rings (SSSR count). The van der Waals surface area contributed by atoms with E-state index < -0.39 is 11.7 Å². The number of hydrogen-bond donors (Lipinski definition) is 1. The Morgan fingerprint density at radius 3 is 2.50 bits per heavy atom. The lowest BCUT2D eigenvalue weighted by Crippen LogP contribution is -2.57. The van der Waals surface area contributed by atoms with Crippen LogP contribution in [0.15, 0.2) is 5.29 Å². The molecule has 1 heterocycles. The van der Waals surface area contributed by atoms with Crippen LogP contribution in [-0.4, -0.2) is 35.8 Å². The van der Waals surface area contributed by atoms with Crippen LogP contribution in [0.4, 0.5) is 4.79 Å². The second-order valence-corrected chi connectivity index (χ2v) is 4.30. The van der Waals surface area contributed by atoms with Gasteiger partial charge in [0.05, 0.1) is 24.4 Å². The van der Waals surface area contributed by atoms with Crippen molar-refractivity contribution < 1.29 is 9.53 Å². The molecule has 0 atom stereocenters. The number of carbonyl (C=O) groups excluding carboxylic acids is 1. The standard InChI is InChI=1S/C8H15N3O3/c1-8(2,3)14-7(12)9-6-4-11(5-6)10-13/h6H,4-5H2,1-3H3,(H,9,12). The van der Waals surface area contributed by atoms with E-state index in [1.807, 2.05) is 0 Å². The van der Waals surface area contributed by atoms with Crippen LogP contribution in [0.1, 0.15) is 20.8 Å². The molecule has 6 nitrogen and oxygen atoms in total. The molecule has 6 heteroatoms. The lowest BCUT2D eigenvalue weighted by molar-refractivity contribution is 0.0403. The number of alkyl carbamates (subject to hydrolysis) is 1. The summed E-state index contributed by atoms with van der Waals surface area (Å²) in [5.74, 6) is 0. The molecule has 0 saturated carbocycles. The molecular weight excluding hydrogens is 186 g/mol. The number of rotatable bonds is 2. The van der Waals surface area contributed by atoms with Gasteiger partial charge >= 0.3 is 6.09 Å². The van der Waals surface area contributed by atoms with Gasteiger partial charge in [0.2, 0.25) is 0 Å². The fraction of sp³-hybridized carbons (Fsp3) is 0.875. The summed E-state index contributed by atoms with van der Waals surface area (Å²) in [6, 6.07) is -0.0254. The highest BCUT2D eigenvalue weighted by Gasteiger charge is 2.29. The average molecular weight is 201 g/mol. The molecule has 14 heavy (non-hydrogen) atoms. The molecule has 0 bridgehead atoms. The quantitative estimate of drug-likeness (QED) is 0.673. The minimum Gasteiger partial charge on any atom is -0.444 e. The van der Waals surface area contributed by atoms with Gasteiger partial charge in [0.1, 0.15) is 5.60 Å². The average Bonchev–Trinajstić information content (AvgIpc) is 1.91. The lowest BCUT2D eigenvalue weighted by Gasteiger charge is -2.34. The van der Waals surface area contributed by atoms with E-state index in [1.165, 1.54) is 5.01 Å². The summed E-state index contributed by atoms with van der Waals surface area (Å²) in [4.78, 5) is 21.2. The maximum Gasteiger partial charge on any atom is 0.407 e. The van der Waals surface area contributed by atoms with E-state index in [4.69, 9.17) is 4.74 Å². The summed E-state index contributed by atoms with van der Waals surface area (Å²) >= 11 is 0. The lowest BCUT2D eigenvalue weighted by atomic mass is 10.2. The first-order valence-electron chi connectivity index (χ1n) is 4.48. The third-order valence-corrected chi connectivity index (χ3v) is 1.70. The smallest absolute Gasteiger partial charge is 0.407 e. The van der Waals surface area contributed by atoms with Gasteiger partial charge in [-0.15, -0.1) is 4.91 Å². The maximum absolute atomic E-state index is 11.2. The van der Waals surface area contributed by atoms with Gasteiger partial charge in [-0.1, -0.05) is 0 Å². The van der Waals surface area contributed by atoms with Gasteiger partial charge in [-0.3, -0.25) is 5.01 Å². The largest absolute Gasteiger partial charge is 0.444 e. The molecule has 0 radical (unpaired) electrons. The van der Waals surface area contributed by atoms with Gasteiger partial charge in [0.25, 0.3) is 0 Å². The van der Waals surface area contributed by atoms with Gasteiger partial charge in [0, 0.05) is 0 Å². The maximum atomic E-state index is 11.2. The second kappa shape index (κ2) is 3.81. The summed E-state index contributed by atoms with van der Waals surface area (Å²) in [7, 11) is 0. The predicted octanol–water partition coefficient (Wildman–Crippen LogP) is 0.877. The Hall–Kier alpha value is -1.33. The van der Waals surface area contributed by atoms with E-state index in [2.05, 4.69) is 10.6 Å². The molecule has 1 N–H and O–H groups in total. The third kappa shape index (κ3) is 3.20. The molecule has 1 aliphatic heterocycles. The van der Waals surface area contributed by atoms with Crippen LogP contribution >= 0.6 is 0 Å². The Morgan fingerprint density at radius 2 is 2.07 bits per heavy atom. The number of nitroso groups, excluding NO2 is 1. The first kappa shape index (κ1) is 10.7. The van der Waals surface area contributed by atoms with Crippen molar-refractivity contribution in [3.05, 3.63) is 4.91 Å². The molecule has 0 unspecified atom stereocenters. The highest BCUT2D eigenvalue weighted by atomic mass is 16.6. The van der Waals surface area contributed by atoms with Crippen LogP contribution in [0.3, 0.4) is 0 Å². The van der Waals surface area contributed by atoms with Gasteiger partial charge in [-0.25, -0.2) is 4.79 Å². The number of nitrogens with one attached hydrogen (secondary N) is 1. The Balaban J connectivity index is 2.20. The van der Waals surface area contributed by atoms with Crippen LogP contribution in [0.5, 0.6) is 0 Å². The molecule has 0 spiro atoms. The van der Waals surface area contributed by atoms with Crippen molar-refractivity contribution in [3.63, 3.8) is 0 Å². The van der Waals surface area contributed by atoms with Crippen molar-refractivity contribution in [3.8, 4) is 0 Å². The van der Waals surface area contributed by atoms with Gasteiger partial charge in [-0.05, 0) is 20.8 Å². The molecular formula is C8H15N3O3. The van der Waals surface area contributed by atoms with Gasteiger partial charge in [-0.2, -0.15) is 0 Å². The topological polar surface area (TPSA) is 71.0 Å². The normalized spacial score (nSPS) is 17.2. The molecule has 0 aliphatic carbocycles. The zero-order valence-corrected chi connectivity index (χ0v) is 8.61. The molecule has 0 aromatic rings. The van der Waals surface area contributed by atoms with Crippen molar-refractivity contribution in [2.45, 2.75) is 32.4 Å². The third-order valence-electron chi connectivity index (χ3n) is 1.70. The van der Waals surface area contributed by atoms with E-state index in [9.17, 15) is 9.70 Å². The highest BCUT2D eigenvalue weighted by molar-refractivity contribution is 5.68. The van der Waals surface area contributed by atoms with Crippen LogP contribution in [-0.2, 0) is 4.74 Å². The van der Waals surface area contributed by atoms with E-state index >= 15 is 0 Å². The van der Waals surface area contributed by atoms with Crippen molar-refractivity contribution in [2.24, 2.45) is 5.29 Å². The van der Waals surface area contributed by atoms with E-state index in [1.54, 1.807) is 20.8 Å². The second-order valence-electron chi connectivity index (χ2n) is 4.30. The Bertz CT molecular complexity index is 230. The van der Waals surface area contributed by atoms with Crippen LogP contribution in [0.2, 0.25) is 0 Å². The summed E-state index contributed by atoms with van der Waals surface area (Å²) < 4.78 is 5.04. The number of nitrogens with zero attached hydrogens (tertiary/aromatic N) is 2. The van der Waals surface area contributed by atoms with Crippen molar-refractivity contribution in [1.29, 1.82) is 0 Å². The molecule has 1 aliphatic rings. The molecule has 1 amide bonds. The zero-order valence-electron chi connectivity index (χ0n) is 8.61. The van der Waals surface area contributed by atoms with E-state index in [0.29, 0.717) is 13.1 Å². The zero-order chi connectivity index (χ0) is 10.8. The number of carbonyl (C=O) groups is 1. The van der Waals surface area contributed by atoms with Crippen LogP contribution < -0.4 is 5.32 Å². The SMILES string of the molecule is CC(C)(C)OC(=O)NC1CN(N=O)C1. The van der Waals surface area contributed by atoms with Crippen molar-refractivity contribution in [2.75, 3.05) is 13.1 Å². The fourth-order valence-electron chi connectivity index (χ4n) is 1.09. The Kier molecular flexibility index (Phi) is 2.93. The Labute approximate surface area is 82.5 Å². The number of amides is 1. The monoisotopic (exact) mass is 201 g/mol. The summed E-state index contributed by atoms with van der Waals surface area (Å²) in [6.45, 7) is 6.32. The minimum atomic E-state index is -0.490. The fourth-order valence-corrected chi connectivity index (χ4v) is 1.09. The number of ether oxygens (including phenoxy) is 1. The summed E-state index contributed by atoms with van der Waals surface area (Å²) in [5.41, 5.74) is -0.490. The summed E-state index contributed by atoms with van der Waals surface area (Å²) in [6.07, 6.45) is -0.451.